The molecule has 2 N–H and O–H groups in total. The molecule has 0 aliphatic rings. The van der Waals surface area contributed by atoms with Crippen LogP contribution in [0.4, 0.5) is 16.0 Å². The second-order valence-electron chi connectivity index (χ2n) is 3.75. The number of benzene rings is 1. The van der Waals surface area contributed by atoms with Crippen LogP contribution in [-0.2, 0) is 6.54 Å². The summed E-state index contributed by atoms with van der Waals surface area (Å²) in [6, 6.07) is 6.34. The van der Waals surface area contributed by atoms with Crippen LogP contribution in [0.2, 0.25) is 0 Å². The normalized spacial score (nSPS) is 10.2. The minimum absolute atomic E-state index is 0.240. The molecule has 0 fully saturated rings. The SMILES string of the molecule is CN(Cc1ccc(F)cc1)c1nccnc1N. The summed E-state index contributed by atoms with van der Waals surface area (Å²) in [4.78, 5) is 10.00. The number of nitrogens with two attached hydrogens (primary N) is 1. The van der Waals surface area contributed by atoms with Crippen LogP contribution < -0.4 is 10.6 Å². The van der Waals surface area contributed by atoms with Crippen LogP contribution in [0, 0.1) is 5.82 Å². The van der Waals surface area contributed by atoms with Crippen molar-refractivity contribution < 1.29 is 4.39 Å². The molecule has 5 heteroatoms. The van der Waals surface area contributed by atoms with Crippen LogP contribution in [0.25, 0.3) is 0 Å². The van der Waals surface area contributed by atoms with Crippen LogP contribution in [0.15, 0.2) is 36.7 Å². The molecule has 4 nitrogen and oxygen atoms in total. The molecule has 1 aromatic carbocycles. The zero-order valence-corrected chi connectivity index (χ0v) is 9.47. The first-order valence-corrected chi connectivity index (χ1v) is 5.19. The molecule has 17 heavy (non-hydrogen) atoms. The van der Waals surface area contributed by atoms with E-state index in [9.17, 15) is 4.39 Å². The Morgan fingerprint density at radius 3 is 2.47 bits per heavy atom. The Balaban J connectivity index is 2.14. The van der Waals surface area contributed by atoms with Gasteiger partial charge in [-0.05, 0) is 17.7 Å². The Labute approximate surface area is 98.9 Å². The molecule has 0 aliphatic carbocycles. The zero-order valence-electron chi connectivity index (χ0n) is 9.47. The van der Waals surface area contributed by atoms with Crippen molar-refractivity contribution in [2.45, 2.75) is 6.54 Å². The minimum atomic E-state index is -0.240. The van der Waals surface area contributed by atoms with E-state index in [2.05, 4.69) is 9.97 Å². The number of hydrogen-bond acceptors (Lipinski definition) is 4. The number of aromatic nitrogens is 2. The largest absolute Gasteiger partial charge is 0.381 e. The smallest absolute Gasteiger partial charge is 0.171 e. The van der Waals surface area contributed by atoms with Gasteiger partial charge < -0.3 is 10.6 Å². The summed E-state index contributed by atoms with van der Waals surface area (Å²) in [6.45, 7) is 0.600. The molecule has 0 saturated carbocycles. The van der Waals surface area contributed by atoms with Gasteiger partial charge in [-0.2, -0.15) is 0 Å². The fraction of sp³-hybridized carbons (Fsp3) is 0.167. The molecule has 0 saturated heterocycles. The van der Waals surface area contributed by atoms with Crippen LogP contribution in [0.3, 0.4) is 0 Å². The summed E-state index contributed by atoms with van der Waals surface area (Å²) >= 11 is 0. The van der Waals surface area contributed by atoms with E-state index in [4.69, 9.17) is 5.73 Å². The van der Waals surface area contributed by atoms with Gasteiger partial charge in [-0.1, -0.05) is 12.1 Å². The standard InChI is InChI=1S/C12H13FN4/c1-17(12-11(14)15-6-7-16-12)8-9-2-4-10(13)5-3-9/h2-7H,8H2,1H3,(H2,14,15). The number of hydrogen-bond donors (Lipinski definition) is 1. The number of nitrogen functional groups attached to an aromatic ring is 1. The van der Waals surface area contributed by atoms with Crippen LogP contribution in [-0.4, -0.2) is 17.0 Å². The van der Waals surface area contributed by atoms with Crippen LogP contribution in [0.5, 0.6) is 0 Å². The molecule has 2 rings (SSSR count). The summed E-state index contributed by atoms with van der Waals surface area (Å²) in [5.74, 6) is 0.768. The minimum Gasteiger partial charge on any atom is -0.381 e. The van der Waals surface area contributed by atoms with Gasteiger partial charge in [0.2, 0.25) is 0 Å². The van der Waals surface area contributed by atoms with Gasteiger partial charge in [0, 0.05) is 26.0 Å². The lowest BCUT2D eigenvalue weighted by Crippen LogP contribution is -2.19. The topological polar surface area (TPSA) is 55.0 Å². The van der Waals surface area contributed by atoms with Crippen LogP contribution in [0.1, 0.15) is 5.56 Å². The number of halogens is 1. The zero-order chi connectivity index (χ0) is 12.3. The summed E-state index contributed by atoms with van der Waals surface area (Å²) in [5.41, 5.74) is 6.71. The van der Waals surface area contributed by atoms with Gasteiger partial charge in [-0.15, -0.1) is 0 Å². The third kappa shape index (κ3) is 2.69. The lowest BCUT2D eigenvalue weighted by Gasteiger charge is -2.18. The lowest BCUT2D eigenvalue weighted by atomic mass is 10.2. The Hall–Kier alpha value is -2.17. The molecule has 1 heterocycles. The van der Waals surface area contributed by atoms with Gasteiger partial charge in [0.1, 0.15) is 5.82 Å². The van der Waals surface area contributed by atoms with E-state index in [0.717, 1.165) is 5.56 Å². The van der Waals surface area contributed by atoms with E-state index < -0.39 is 0 Å². The van der Waals surface area contributed by atoms with E-state index in [1.807, 2.05) is 11.9 Å². The fourth-order valence-electron chi connectivity index (χ4n) is 1.57. The molecule has 0 amide bonds. The maximum Gasteiger partial charge on any atom is 0.171 e. The monoisotopic (exact) mass is 232 g/mol. The predicted molar refractivity (Wildman–Crippen MR) is 65.0 cm³/mol. The van der Waals surface area contributed by atoms with Gasteiger partial charge in [0.15, 0.2) is 11.6 Å². The van der Waals surface area contributed by atoms with Crippen molar-refractivity contribution >= 4 is 11.6 Å². The molecule has 0 atom stereocenters. The summed E-state index contributed by atoms with van der Waals surface area (Å²) in [6.07, 6.45) is 3.14. The fourth-order valence-corrected chi connectivity index (χ4v) is 1.57. The molecule has 0 radical (unpaired) electrons. The second kappa shape index (κ2) is 4.78. The highest BCUT2D eigenvalue weighted by Crippen LogP contribution is 2.17. The van der Waals surface area contributed by atoms with Crippen molar-refractivity contribution in [3.63, 3.8) is 0 Å². The van der Waals surface area contributed by atoms with Crippen molar-refractivity contribution in [1.29, 1.82) is 0 Å². The summed E-state index contributed by atoms with van der Waals surface area (Å²) < 4.78 is 12.8. The van der Waals surface area contributed by atoms with Crippen molar-refractivity contribution in [3.05, 3.63) is 48.0 Å². The third-order valence-electron chi connectivity index (χ3n) is 2.40. The van der Waals surface area contributed by atoms with E-state index in [1.54, 1.807) is 24.5 Å². The highest BCUT2D eigenvalue weighted by atomic mass is 19.1. The van der Waals surface area contributed by atoms with Gasteiger partial charge >= 0.3 is 0 Å². The first-order valence-electron chi connectivity index (χ1n) is 5.19. The maximum atomic E-state index is 12.8. The molecule has 0 unspecified atom stereocenters. The Morgan fingerprint density at radius 1 is 1.18 bits per heavy atom. The number of rotatable bonds is 3. The molecular weight excluding hydrogens is 219 g/mol. The van der Waals surface area contributed by atoms with Crippen LogP contribution >= 0.6 is 0 Å². The molecule has 88 valence electrons. The van der Waals surface area contributed by atoms with E-state index in [1.165, 1.54) is 12.1 Å². The molecular formula is C12H13FN4. The Morgan fingerprint density at radius 2 is 1.82 bits per heavy atom. The lowest BCUT2D eigenvalue weighted by molar-refractivity contribution is 0.627. The summed E-state index contributed by atoms with van der Waals surface area (Å²) in [7, 11) is 1.86. The van der Waals surface area contributed by atoms with Crippen molar-refractivity contribution in [2.75, 3.05) is 17.7 Å². The Kier molecular flexibility index (Phi) is 3.18. The van der Waals surface area contributed by atoms with E-state index in [0.29, 0.717) is 18.2 Å². The molecule has 0 bridgehead atoms. The van der Waals surface area contributed by atoms with Gasteiger partial charge in [-0.25, -0.2) is 14.4 Å². The average Bonchev–Trinajstić information content (AvgIpc) is 2.32. The van der Waals surface area contributed by atoms with Crippen molar-refractivity contribution in [3.8, 4) is 0 Å². The van der Waals surface area contributed by atoms with Gasteiger partial charge in [0.05, 0.1) is 0 Å². The highest BCUT2D eigenvalue weighted by molar-refractivity contribution is 5.56. The highest BCUT2D eigenvalue weighted by Gasteiger charge is 2.07. The quantitative estimate of drug-likeness (QED) is 0.877. The van der Waals surface area contributed by atoms with Crippen molar-refractivity contribution in [2.24, 2.45) is 0 Å². The summed E-state index contributed by atoms with van der Waals surface area (Å²) in [5, 5.41) is 0. The Bertz CT molecular complexity index is 498. The number of nitrogens with zero attached hydrogens (tertiary/aromatic N) is 3. The third-order valence-corrected chi connectivity index (χ3v) is 2.40. The molecule has 0 aliphatic heterocycles. The molecule has 1 aromatic heterocycles. The van der Waals surface area contributed by atoms with E-state index in [-0.39, 0.29) is 5.82 Å². The predicted octanol–water partition coefficient (Wildman–Crippen LogP) is 1.83. The van der Waals surface area contributed by atoms with Crippen molar-refractivity contribution in [1.82, 2.24) is 9.97 Å². The van der Waals surface area contributed by atoms with Gasteiger partial charge in [0.25, 0.3) is 0 Å². The average molecular weight is 232 g/mol. The first-order chi connectivity index (χ1) is 8.16. The number of anilines is 2. The molecule has 0 spiro atoms. The maximum absolute atomic E-state index is 12.8. The molecule has 2 aromatic rings. The van der Waals surface area contributed by atoms with E-state index >= 15 is 0 Å². The second-order valence-corrected chi connectivity index (χ2v) is 3.75. The first kappa shape index (κ1) is 11.3. The van der Waals surface area contributed by atoms with Gasteiger partial charge in [-0.3, -0.25) is 0 Å².